The highest BCUT2D eigenvalue weighted by atomic mass is 16.5. The summed E-state index contributed by atoms with van der Waals surface area (Å²) < 4.78 is 5.88. The van der Waals surface area contributed by atoms with E-state index in [1.165, 1.54) is 6.08 Å². The number of phenolic OH excluding ortho intramolecular Hbond substituents is 1. The molecule has 178 valence electrons. The molecule has 0 saturated carbocycles. The number of rotatable bonds is 6. The van der Waals surface area contributed by atoms with Gasteiger partial charge in [0.25, 0.3) is 0 Å². The summed E-state index contributed by atoms with van der Waals surface area (Å²) in [6.07, 6.45) is 6.92. The van der Waals surface area contributed by atoms with Gasteiger partial charge in [-0.25, -0.2) is 0 Å². The normalized spacial score (nSPS) is 13.7. The first kappa shape index (κ1) is 23.2. The van der Waals surface area contributed by atoms with E-state index in [1.807, 2.05) is 80.6 Å². The number of hydrogen-bond donors (Lipinski definition) is 1. The summed E-state index contributed by atoms with van der Waals surface area (Å²) in [5.74, 6) is 0.232. The highest BCUT2D eigenvalue weighted by molar-refractivity contribution is 6.09. The third-order valence-electron chi connectivity index (χ3n) is 6.07. The Morgan fingerprint density at radius 1 is 0.806 bits per heavy atom. The van der Waals surface area contributed by atoms with Gasteiger partial charge in [-0.05, 0) is 86.2 Å². The van der Waals surface area contributed by atoms with Gasteiger partial charge in [-0.15, -0.1) is 0 Å². The number of ketones is 1. The van der Waals surface area contributed by atoms with Crippen molar-refractivity contribution in [1.82, 2.24) is 0 Å². The molecule has 1 N–H and O–H groups in total. The van der Waals surface area contributed by atoms with Gasteiger partial charge >= 0.3 is 0 Å². The van der Waals surface area contributed by atoms with Crippen LogP contribution in [0.4, 0.5) is 17.1 Å². The molecule has 0 spiro atoms. The average Bonchev–Trinajstić information content (AvgIpc) is 2.89. The molecule has 4 heteroatoms. The second kappa shape index (κ2) is 9.59. The van der Waals surface area contributed by atoms with Gasteiger partial charge < -0.3 is 14.7 Å². The lowest BCUT2D eigenvalue weighted by atomic mass is 9.98. The van der Waals surface area contributed by atoms with Crippen LogP contribution in [0.5, 0.6) is 11.5 Å². The van der Waals surface area contributed by atoms with E-state index in [9.17, 15) is 9.90 Å². The predicted molar refractivity (Wildman–Crippen MR) is 146 cm³/mol. The number of benzene rings is 4. The lowest BCUT2D eigenvalue weighted by Crippen LogP contribution is -2.27. The van der Waals surface area contributed by atoms with Gasteiger partial charge in [0.2, 0.25) is 0 Å². The van der Waals surface area contributed by atoms with E-state index >= 15 is 0 Å². The fraction of sp³-hybridized carbons (Fsp3) is 0.0938. The third kappa shape index (κ3) is 4.80. The maximum absolute atomic E-state index is 12.9. The summed E-state index contributed by atoms with van der Waals surface area (Å²) in [7, 11) is 0. The Hall–Kier alpha value is -4.57. The van der Waals surface area contributed by atoms with Crippen LogP contribution < -0.4 is 9.64 Å². The second-order valence-electron chi connectivity index (χ2n) is 9.21. The van der Waals surface area contributed by atoms with E-state index in [1.54, 1.807) is 24.3 Å². The van der Waals surface area contributed by atoms with E-state index in [2.05, 4.69) is 29.2 Å². The van der Waals surface area contributed by atoms with Crippen LogP contribution in [-0.2, 0) is 0 Å². The summed E-state index contributed by atoms with van der Waals surface area (Å²) in [5, 5.41) is 10.7. The lowest BCUT2D eigenvalue weighted by Gasteiger charge is -2.28. The molecule has 1 heterocycles. The van der Waals surface area contributed by atoms with Crippen LogP contribution in [0.1, 0.15) is 35.3 Å². The molecule has 1 aliphatic heterocycles. The molecule has 0 atom stereocenters. The van der Waals surface area contributed by atoms with Crippen molar-refractivity contribution < 1.29 is 14.6 Å². The van der Waals surface area contributed by atoms with Crippen molar-refractivity contribution >= 4 is 35.0 Å². The molecule has 0 unspecified atom stereocenters. The van der Waals surface area contributed by atoms with Gasteiger partial charge in [0.05, 0.1) is 11.1 Å². The second-order valence-corrected chi connectivity index (χ2v) is 9.21. The molecule has 0 fully saturated rings. The molecule has 0 bridgehead atoms. The minimum atomic E-state index is -0.451. The van der Waals surface area contributed by atoms with Crippen molar-refractivity contribution in [3.05, 3.63) is 126 Å². The number of ether oxygens (including phenoxy) is 1. The molecular formula is C32H27NO3. The van der Waals surface area contributed by atoms with Gasteiger partial charge in [0, 0.05) is 17.1 Å². The molecule has 5 rings (SSSR count). The van der Waals surface area contributed by atoms with Crippen molar-refractivity contribution in [1.29, 1.82) is 0 Å². The number of anilines is 3. The van der Waals surface area contributed by atoms with Crippen LogP contribution in [0.2, 0.25) is 0 Å². The lowest BCUT2D eigenvalue weighted by molar-refractivity contribution is 0.104. The fourth-order valence-corrected chi connectivity index (χ4v) is 4.24. The Kier molecular flexibility index (Phi) is 6.17. The number of fused-ring (bicyclic) bond motifs is 1. The Labute approximate surface area is 211 Å². The fourth-order valence-electron chi connectivity index (χ4n) is 4.24. The topological polar surface area (TPSA) is 49.8 Å². The zero-order valence-electron chi connectivity index (χ0n) is 20.3. The number of nitrogens with zero attached hydrogens (tertiary/aromatic N) is 1. The Bertz CT molecular complexity index is 1400. The largest absolute Gasteiger partial charge is 0.506 e. The summed E-state index contributed by atoms with van der Waals surface area (Å²) in [4.78, 5) is 15.1. The predicted octanol–water partition coefficient (Wildman–Crippen LogP) is 7.94. The monoisotopic (exact) mass is 473 g/mol. The Morgan fingerprint density at radius 2 is 1.39 bits per heavy atom. The first-order chi connectivity index (χ1) is 17.4. The highest BCUT2D eigenvalue weighted by Gasteiger charge is 2.25. The quantitative estimate of drug-likeness (QED) is 0.228. The maximum Gasteiger partial charge on any atom is 0.189 e. The van der Waals surface area contributed by atoms with Gasteiger partial charge in [0.15, 0.2) is 5.78 Å². The van der Waals surface area contributed by atoms with Crippen LogP contribution in [0, 0.1) is 0 Å². The van der Waals surface area contributed by atoms with Crippen LogP contribution in [-0.4, -0.2) is 16.5 Å². The van der Waals surface area contributed by atoms with E-state index < -0.39 is 5.60 Å². The van der Waals surface area contributed by atoms with Gasteiger partial charge in [-0.1, -0.05) is 54.6 Å². The van der Waals surface area contributed by atoms with E-state index in [0.717, 1.165) is 22.6 Å². The number of para-hydroxylation sites is 2. The number of hydrogen-bond acceptors (Lipinski definition) is 4. The zero-order chi connectivity index (χ0) is 25.1. The molecule has 0 radical (unpaired) electrons. The van der Waals surface area contributed by atoms with Crippen molar-refractivity contribution in [2.24, 2.45) is 0 Å². The molecule has 4 nitrogen and oxygen atoms in total. The van der Waals surface area contributed by atoms with E-state index in [-0.39, 0.29) is 17.1 Å². The maximum atomic E-state index is 12.9. The molecule has 0 aromatic heterocycles. The van der Waals surface area contributed by atoms with Gasteiger partial charge in [-0.2, -0.15) is 0 Å². The summed E-state index contributed by atoms with van der Waals surface area (Å²) in [6, 6.07) is 31.7. The van der Waals surface area contributed by atoms with Crippen molar-refractivity contribution in [3.8, 4) is 11.5 Å². The SMILES string of the molecule is CC1(C)C=Cc2c(ccc(C(=O)/C=C/c3ccc(N(c4ccccc4)c4ccccc4)cc3)c2O)O1. The summed E-state index contributed by atoms with van der Waals surface area (Å²) in [5.41, 5.74) is 4.34. The average molecular weight is 474 g/mol. The minimum absolute atomic E-state index is 0.0642. The smallest absolute Gasteiger partial charge is 0.189 e. The molecule has 0 aliphatic carbocycles. The van der Waals surface area contributed by atoms with E-state index in [0.29, 0.717) is 11.3 Å². The van der Waals surface area contributed by atoms with Crippen molar-refractivity contribution in [2.45, 2.75) is 19.4 Å². The van der Waals surface area contributed by atoms with Gasteiger partial charge in [-0.3, -0.25) is 4.79 Å². The molecule has 4 aromatic carbocycles. The number of aromatic hydroxyl groups is 1. The minimum Gasteiger partial charge on any atom is -0.506 e. The number of phenols is 1. The zero-order valence-corrected chi connectivity index (χ0v) is 20.3. The number of carbonyl (C=O) groups excluding carboxylic acids is 1. The van der Waals surface area contributed by atoms with E-state index in [4.69, 9.17) is 4.74 Å². The number of allylic oxidation sites excluding steroid dienone is 1. The van der Waals surface area contributed by atoms with Gasteiger partial charge in [0.1, 0.15) is 17.1 Å². The molecule has 36 heavy (non-hydrogen) atoms. The molecule has 4 aromatic rings. The number of carbonyl (C=O) groups is 1. The van der Waals surface area contributed by atoms with Crippen LogP contribution >= 0.6 is 0 Å². The molecule has 0 saturated heterocycles. The summed E-state index contributed by atoms with van der Waals surface area (Å²) >= 11 is 0. The Morgan fingerprint density at radius 3 is 2.00 bits per heavy atom. The third-order valence-corrected chi connectivity index (χ3v) is 6.07. The molecule has 0 amide bonds. The first-order valence-electron chi connectivity index (χ1n) is 11.9. The standard InChI is InChI=1S/C32H27NO3/c1-32(2)22-21-28-30(36-32)20-18-27(31(28)35)29(34)19-15-23-13-16-26(17-14-23)33(24-9-5-3-6-10-24)25-11-7-4-8-12-25/h3-22,35H,1-2H3/b19-15+. The molecular weight excluding hydrogens is 446 g/mol. The van der Waals surface area contributed by atoms with Crippen molar-refractivity contribution in [3.63, 3.8) is 0 Å². The van der Waals surface area contributed by atoms with Crippen LogP contribution in [0.3, 0.4) is 0 Å². The Balaban J connectivity index is 1.38. The first-order valence-corrected chi connectivity index (χ1v) is 11.9. The molecule has 1 aliphatic rings. The van der Waals surface area contributed by atoms with Crippen molar-refractivity contribution in [2.75, 3.05) is 4.90 Å². The highest BCUT2D eigenvalue weighted by Crippen LogP contribution is 2.39. The van der Waals surface area contributed by atoms with Crippen LogP contribution in [0.15, 0.2) is 109 Å². The summed E-state index contributed by atoms with van der Waals surface area (Å²) in [6.45, 7) is 3.88. The van der Waals surface area contributed by atoms with Crippen LogP contribution in [0.25, 0.3) is 12.2 Å².